The molecule has 162 valence electrons. The topological polar surface area (TPSA) is 95.6 Å². The van der Waals surface area contributed by atoms with Crippen molar-refractivity contribution in [2.45, 2.75) is 24.0 Å². The molecule has 2 amide bonds. The zero-order valence-corrected chi connectivity index (χ0v) is 18.9. The first-order valence-electron chi connectivity index (χ1n) is 9.65. The zero-order valence-electron chi connectivity index (χ0n) is 16.6. The van der Waals surface area contributed by atoms with Crippen molar-refractivity contribution in [3.63, 3.8) is 0 Å². The lowest BCUT2D eigenvalue weighted by atomic mass is 9.99. The third kappa shape index (κ3) is 5.60. The first kappa shape index (κ1) is 22.7. The molecule has 0 radical (unpaired) electrons. The highest BCUT2D eigenvalue weighted by Crippen LogP contribution is 2.28. The Morgan fingerprint density at radius 1 is 1.13 bits per heavy atom. The van der Waals surface area contributed by atoms with Crippen LogP contribution in [0.1, 0.15) is 28.1 Å². The van der Waals surface area contributed by atoms with Gasteiger partial charge in [-0.2, -0.15) is 4.31 Å². The van der Waals surface area contributed by atoms with Gasteiger partial charge in [-0.25, -0.2) is 8.42 Å². The number of benzene rings is 1. The van der Waals surface area contributed by atoms with Crippen LogP contribution in [0.25, 0.3) is 0 Å². The maximum absolute atomic E-state index is 12.8. The van der Waals surface area contributed by atoms with Gasteiger partial charge in [-0.3, -0.25) is 9.59 Å². The zero-order chi connectivity index (χ0) is 21.7. The summed E-state index contributed by atoms with van der Waals surface area (Å²) >= 11 is 7.04. The molecule has 1 aromatic carbocycles. The minimum Gasteiger partial charge on any atom is -0.354 e. The normalized spacial score (nSPS) is 17.5. The number of amides is 2. The fraction of sp³-hybridized carbons (Fsp3) is 0.400. The molecule has 1 aromatic heterocycles. The van der Waals surface area contributed by atoms with Crippen LogP contribution in [-0.2, 0) is 14.8 Å². The van der Waals surface area contributed by atoms with Crippen LogP contribution < -0.4 is 10.6 Å². The number of hydrogen-bond acceptors (Lipinski definition) is 5. The standard InChI is InChI=1S/C20H24ClN3O4S2/c1-14-4-9-18(29-14)30(27,28)24-12-2-3-16(13-24)20(26)23-11-10-22-19(25)15-5-7-17(21)8-6-15/h4-9,16H,2-3,10-13H2,1H3,(H,22,25)(H,23,26). The van der Waals surface area contributed by atoms with Crippen molar-refractivity contribution in [2.75, 3.05) is 26.2 Å². The van der Waals surface area contributed by atoms with Crippen molar-refractivity contribution in [2.24, 2.45) is 5.92 Å². The molecule has 0 aliphatic carbocycles. The smallest absolute Gasteiger partial charge is 0.252 e. The van der Waals surface area contributed by atoms with Gasteiger partial charge >= 0.3 is 0 Å². The van der Waals surface area contributed by atoms with Gasteiger partial charge in [0.25, 0.3) is 15.9 Å². The number of halogens is 1. The molecule has 1 saturated heterocycles. The Labute approximate surface area is 185 Å². The van der Waals surface area contributed by atoms with Gasteiger partial charge in [-0.05, 0) is 56.2 Å². The van der Waals surface area contributed by atoms with Crippen LogP contribution in [0.2, 0.25) is 5.02 Å². The van der Waals surface area contributed by atoms with E-state index in [2.05, 4.69) is 10.6 Å². The number of carbonyl (C=O) groups is 2. The number of carbonyl (C=O) groups excluding carboxylic acids is 2. The number of rotatable bonds is 7. The first-order chi connectivity index (χ1) is 14.3. The minimum absolute atomic E-state index is 0.169. The van der Waals surface area contributed by atoms with E-state index in [4.69, 9.17) is 11.6 Å². The van der Waals surface area contributed by atoms with Gasteiger partial charge in [0.2, 0.25) is 5.91 Å². The van der Waals surface area contributed by atoms with Gasteiger partial charge in [-0.15, -0.1) is 11.3 Å². The molecular weight excluding hydrogens is 446 g/mol. The maximum atomic E-state index is 12.8. The van der Waals surface area contributed by atoms with Crippen LogP contribution in [0.4, 0.5) is 0 Å². The van der Waals surface area contributed by atoms with E-state index in [1.165, 1.54) is 15.6 Å². The quantitative estimate of drug-likeness (QED) is 0.609. The number of thiophene rings is 1. The van der Waals surface area contributed by atoms with E-state index >= 15 is 0 Å². The molecule has 2 aromatic rings. The summed E-state index contributed by atoms with van der Waals surface area (Å²) in [7, 11) is -3.57. The van der Waals surface area contributed by atoms with Crippen molar-refractivity contribution < 1.29 is 18.0 Å². The van der Waals surface area contributed by atoms with E-state index in [1.807, 2.05) is 6.92 Å². The van der Waals surface area contributed by atoms with Crippen LogP contribution in [-0.4, -0.2) is 50.7 Å². The molecule has 1 atom stereocenters. The molecule has 0 bridgehead atoms. The Hall–Kier alpha value is -1.94. The summed E-state index contributed by atoms with van der Waals surface area (Å²) < 4.78 is 27.3. The SMILES string of the molecule is Cc1ccc(S(=O)(=O)N2CCCC(C(=O)NCCNC(=O)c3ccc(Cl)cc3)C2)s1. The lowest BCUT2D eigenvalue weighted by molar-refractivity contribution is -0.126. The molecule has 7 nitrogen and oxygen atoms in total. The Morgan fingerprint density at radius 3 is 2.50 bits per heavy atom. The second-order valence-corrected chi connectivity index (χ2v) is 11.0. The summed E-state index contributed by atoms with van der Waals surface area (Å²) in [5.41, 5.74) is 0.489. The Bertz CT molecular complexity index is 1010. The molecule has 0 saturated carbocycles. The second-order valence-electron chi connectivity index (χ2n) is 7.12. The predicted molar refractivity (Wildman–Crippen MR) is 117 cm³/mol. The van der Waals surface area contributed by atoms with Crippen LogP contribution in [0.3, 0.4) is 0 Å². The Kier molecular flexibility index (Phi) is 7.51. The number of aryl methyl sites for hydroxylation is 1. The monoisotopic (exact) mass is 469 g/mol. The molecule has 1 aliphatic rings. The minimum atomic E-state index is -3.57. The van der Waals surface area contributed by atoms with Crippen LogP contribution in [0, 0.1) is 12.8 Å². The van der Waals surface area contributed by atoms with E-state index in [1.54, 1.807) is 36.4 Å². The number of sulfonamides is 1. The van der Waals surface area contributed by atoms with Gasteiger partial charge in [-0.1, -0.05) is 11.6 Å². The van der Waals surface area contributed by atoms with Crippen molar-refractivity contribution in [3.05, 3.63) is 51.9 Å². The molecule has 1 aliphatic heterocycles. The predicted octanol–water partition coefficient (Wildman–Crippen LogP) is 2.66. The number of nitrogens with zero attached hydrogens (tertiary/aromatic N) is 1. The highest BCUT2D eigenvalue weighted by atomic mass is 35.5. The van der Waals surface area contributed by atoms with Gasteiger partial charge in [0.15, 0.2) is 0 Å². The third-order valence-corrected chi connectivity index (χ3v) is 8.47. The van der Waals surface area contributed by atoms with Gasteiger partial charge < -0.3 is 10.6 Å². The lowest BCUT2D eigenvalue weighted by Gasteiger charge is -2.30. The first-order valence-corrected chi connectivity index (χ1v) is 12.3. The van der Waals surface area contributed by atoms with E-state index in [9.17, 15) is 18.0 Å². The summed E-state index contributed by atoms with van der Waals surface area (Å²) in [6.45, 7) is 2.99. The Morgan fingerprint density at radius 2 is 1.83 bits per heavy atom. The van der Waals surface area contributed by atoms with E-state index in [0.29, 0.717) is 34.2 Å². The van der Waals surface area contributed by atoms with Gasteiger partial charge in [0.05, 0.1) is 5.92 Å². The third-order valence-electron chi connectivity index (χ3n) is 4.88. The summed E-state index contributed by atoms with van der Waals surface area (Å²) in [5.74, 6) is -0.846. The summed E-state index contributed by atoms with van der Waals surface area (Å²) in [6.07, 6.45) is 1.27. The van der Waals surface area contributed by atoms with Crippen LogP contribution in [0.15, 0.2) is 40.6 Å². The summed E-state index contributed by atoms with van der Waals surface area (Å²) in [5, 5.41) is 6.07. The highest BCUT2D eigenvalue weighted by molar-refractivity contribution is 7.91. The molecule has 0 spiro atoms. The summed E-state index contributed by atoms with van der Waals surface area (Å²) in [4.78, 5) is 25.5. The van der Waals surface area contributed by atoms with Gasteiger partial charge in [0, 0.05) is 41.6 Å². The fourth-order valence-corrected chi connectivity index (χ4v) is 6.35. The number of hydrogen-bond donors (Lipinski definition) is 2. The maximum Gasteiger partial charge on any atom is 0.252 e. The molecule has 10 heteroatoms. The van der Waals surface area contributed by atoms with Crippen molar-refractivity contribution >= 4 is 44.8 Å². The molecule has 3 rings (SSSR count). The largest absolute Gasteiger partial charge is 0.354 e. The van der Waals surface area contributed by atoms with E-state index < -0.39 is 15.9 Å². The average molecular weight is 470 g/mol. The highest BCUT2D eigenvalue weighted by Gasteiger charge is 2.33. The molecule has 2 N–H and O–H groups in total. The van der Waals surface area contributed by atoms with E-state index in [0.717, 1.165) is 4.88 Å². The van der Waals surface area contributed by atoms with Crippen molar-refractivity contribution in [1.82, 2.24) is 14.9 Å². The van der Waals surface area contributed by atoms with Crippen LogP contribution >= 0.6 is 22.9 Å². The van der Waals surface area contributed by atoms with Crippen molar-refractivity contribution in [1.29, 1.82) is 0 Å². The lowest BCUT2D eigenvalue weighted by Crippen LogP contribution is -2.46. The van der Waals surface area contributed by atoms with Gasteiger partial charge in [0.1, 0.15) is 4.21 Å². The van der Waals surface area contributed by atoms with Crippen molar-refractivity contribution in [3.8, 4) is 0 Å². The molecule has 1 unspecified atom stereocenters. The Balaban J connectivity index is 1.47. The number of piperidine rings is 1. The van der Waals surface area contributed by atoms with E-state index in [-0.39, 0.29) is 31.4 Å². The molecule has 1 fully saturated rings. The second kappa shape index (κ2) is 9.91. The molecular formula is C20H24ClN3O4S2. The van der Waals surface area contributed by atoms with Crippen LogP contribution in [0.5, 0.6) is 0 Å². The average Bonchev–Trinajstić information content (AvgIpc) is 3.18. The molecule has 30 heavy (non-hydrogen) atoms. The number of nitrogens with one attached hydrogen (secondary N) is 2. The molecule has 2 heterocycles. The fourth-order valence-electron chi connectivity index (χ4n) is 3.26. The summed E-state index contributed by atoms with van der Waals surface area (Å²) in [6, 6.07) is 9.93.